The molecule has 4 aromatic rings. The molecule has 0 unspecified atom stereocenters. The fraction of sp³-hybridized carbons (Fsp3) is 0.190. The lowest BCUT2D eigenvalue weighted by molar-refractivity contribution is 0.0995. The van der Waals surface area contributed by atoms with E-state index in [1.54, 1.807) is 24.3 Å². The summed E-state index contributed by atoms with van der Waals surface area (Å²) in [5.74, 6) is 0.354. The minimum atomic E-state index is -0.376. The second-order valence-corrected chi connectivity index (χ2v) is 8.09. The molecule has 0 spiro atoms. The first-order valence-corrected chi connectivity index (χ1v) is 10.3. The zero-order valence-corrected chi connectivity index (χ0v) is 18.2. The molecular formula is C21H20N6O3S. The highest BCUT2D eigenvalue weighted by atomic mass is 32.1. The molecule has 0 bridgehead atoms. The summed E-state index contributed by atoms with van der Waals surface area (Å²) in [6.45, 7) is 7.39. The molecule has 158 valence electrons. The number of thiophene rings is 1. The van der Waals surface area contributed by atoms with E-state index in [0.29, 0.717) is 27.3 Å². The SMILES string of the molecule is Cc1cc(C)nc(-n2nc(C)cc2NC(=O)c2sc(NC(=O)c3ccco3)cc2C)n1. The fourth-order valence-corrected chi connectivity index (χ4v) is 4.03. The van der Waals surface area contributed by atoms with Gasteiger partial charge in [-0.1, -0.05) is 0 Å². The van der Waals surface area contributed by atoms with Crippen LogP contribution >= 0.6 is 11.3 Å². The lowest BCUT2D eigenvalue weighted by atomic mass is 10.2. The number of carbonyl (C=O) groups excluding carboxylic acids is 2. The lowest BCUT2D eigenvalue weighted by Crippen LogP contribution is -2.16. The summed E-state index contributed by atoms with van der Waals surface area (Å²) >= 11 is 1.18. The van der Waals surface area contributed by atoms with Crippen molar-refractivity contribution in [1.82, 2.24) is 19.7 Å². The minimum Gasteiger partial charge on any atom is -0.459 e. The molecule has 2 N–H and O–H groups in total. The molecule has 4 heterocycles. The average Bonchev–Trinajstić information content (AvgIpc) is 3.41. The second-order valence-electron chi connectivity index (χ2n) is 7.04. The average molecular weight is 436 g/mol. The van der Waals surface area contributed by atoms with Crippen molar-refractivity contribution in [2.45, 2.75) is 27.7 Å². The Kier molecular flexibility index (Phi) is 5.38. The van der Waals surface area contributed by atoms with Crippen LogP contribution in [0.5, 0.6) is 0 Å². The minimum absolute atomic E-state index is 0.199. The quantitative estimate of drug-likeness (QED) is 0.488. The van der Waals surface area contributed by atoms with E-state index in [2.05, 4.69) is 25.7 Å². The Balaban J connectivity index is 1.57. The van der Waals surface area contributed by atoms with Gasteiger partial charge in [-0.2, -0.15) is 9.78 Å². The van der Waals surface area contributed by atoms with Crippen molar-refractivity contribution in [2.75, 3.05) is 10.6 Å². The summed E-state index contributed by atoms with van der Waals surface area (Å²) in [7, 11) is 0. The van der Waals surface area contributed by atoms with Crippen molar-refractivity contribution in [2.24, 2.45) is 0 Å². The van der Waals surface area contributed by atoms with Crippen molar-refractivity contribution in [3.05, 3.63) is 69.9 Å². The second kappa shape index (κ2) is 8.15. The molecule has 0 aliphatic carbocycles. The molecule has 0 atom stereocenters. The first kappa shape index (κ1) is 20.5. The van der Waals surface area contributed by atoms with Crippen LogP contribution < -0.4 is 10.6 Å². The van der Waals surface area contributed by atoms with Gasteiger partial charge in [-0.3, -0.25) is 9.59 Å². The summed E-state index contributed by atoms with van der Waals surface area (Å²) in [4.78, 5) is 34.5. The van der Waals surface area contributed by atoms with E-state index in [1.807, 2.05) is 33.8 Å². The summed E-state index contributed by atoms with van der Waals surface area (Å²) in [5, 5.41) is 10.6. The number of rotatable bonds is 5. The highest BCUT2D eigenvalue weighted by molar-refractivity contribution is 7.18. The largest absolute Gasteiger partial charge is 0.459 e. The smallest absolute Gasteiger partial charge is 0.291 e. The van der Waals surface area contributed by atoms with Crippen molar-refractivity contribution in [3.8, 4) is 5.95 Å². The third-order valence-electron chi connectivity index (χ3n) is 4.34. The van der Waals surface area contributed by atoms with Crippen molar-refractivity contribution >= 4 is 34.0 Å². The molecule has 0 aliphatic rings. The maximum Gasteiger partial charge on any atom is 0.291 e. The van der Waals surface area contributed by atoms with E-state index in [-0.39, 0.29) is 17.6 Å². The monoisotopic (exact) mass is 436 g/mol. The highest BCUT2D eigenvalue weighted by Crippen LogP contribution is 2.28. The number of amides is 2. The molecule has 9 nitrogen and oxygen atoms in total. The van der Waals surface area contributed by atoms with E-state index < -0.39 is 0 Å². The van der Waals surface area contributed by atoms with Gasteiger partial charge in [0.05, 0.1) is 21.8 Å². The van der Waals surface area contributed by atoms with Gasteiger partial charge < -0.3 is 15.1 Å². The third-order valence-corrected chi connectivity index (χ3v) is 5.49. The van der Waals surface area contributed by atoms with E-state index in [0.717, 1.165) is 17.0 Å². The molecule has 4 rings (SSSR count). The van der Waals surface area contributed by atoms with E-state index in [1.165, 1.54) is 22.3 Å². The maximum absolute atomic E-state index is 13.0. The molecule has 0 saturated carbocycles. The molecule has 10 heteroatoms. The van der Waals surface area contributed by atoms with Crippen LogP contribution in [0, 0.1) is 27.7 Å². The molecule has 0 fully saturated rings. The summed E-state index contributed by atoms with van der Waals surface area (Å²) in [5.41, 5.74) is 3.06. The number of furan rings is 1. The van der Waals surface area contributed by atoms with Gasteiger partial charge in [0.15, 0.2) is 5.76 Å². The Morgan fingerprint density at radius 1 is 0.968 bits per heavy atom. The molecule has 0 aliphatic heterocycles. The number of aromatic nitrogens is 4. The molecule has 0 radical (unpaired) electrons. The zero-order chi connectivity index (χ0) is 22.1. The molecule has 0 saturated heterocycles. The Morgan fingerprint density at radius 2 is 1.71 bits per heavy atom. The number of carbonyl (C=O) groups is 2. The number of aryl methyl sites for hydroxylation is 4. The van der Waals surface area contributed by atoms with Crippen LogP contribution in [0.1, 0.15) is 42.9 Å². The standard InChI is InChI=1S/C21H20N6O3S/c1-11-8-17(25-19(28)15-6-5-7-30-15)31-18(11)20(29)24-16-10-14(4)26-27(16)21-22-12(2)9-13(3)23-21/h5-10H,1-4H3,(H,24,29)(H,25,28). The van der Waals surface area contributed by atoms with Gasteiger partial charge in [0, 0.05) is 17.5 Å². The van der Waals surface area contributed by atoms with Gasteiger partial charge in [0.25, 0.3) is 17.8 Å². The van der Waals surface area contributed by atoms with Gasteiger partial charge in [-0.15, -0.1) is 11.3 Å². The Labute approximate surface area is 182 Å². The Morgan fingerprint density at radius 3 is 2.39 bits per heavy atom. The molecule has 0 aromatic carbocycles. The van der Waals surface area contributed by atoms with Gasteiger partial charge in [0.1, 0.15) is 5.82 Å². The van der Waals surface area contributed by atoms with Crippen LogP contribution in [-0.4, -0.2) is 31.6 Å². The van der Waals surface area contributed by atoms with Crippen LogP contribution in [-0.2, 0) is 0 Å². The van der Waals surface area contributed by atoms with Crippen LogP contribution in [0.15, 0.2) is 41.0 Å². The van der Waals surface area contributed by atoms with Crippen LogP contribution in [0.25, 0.3) is 5.95 Å². The van der Waals surface area contributed by atoms with Gasteiger partial charge in [-0.05, 0) is 57.5 Å². The van der Waals surface area contributed by atoms with E-state index >= 15 is 0 Å². The number of hydrogen-bond donors (Lipinski definition) is 2. The topological polar surface area (TPSA) is 115 Å². The van der Waals surface area contributed by atoms with Gasteiger partial charge in [0.2, 0.25) is 0 Å². The predicted octanol–water partition coefficient (Wildman–Crippen LogP) is 4.06. The molecule has 4 aromatic heterocycles. The number of hydrogen-bond acceptors (Lipinski definition) is 7. The van der Waals surface area contributed by atoms with Crippen molar-refractivity contribution < 1.29 is 14.0 Å². The van der Waals surface area contributed by atoms with Crippen LogP contribution in [0.2, 0.25) is 0 Å². The number of anilines is 2. The first-order valence-electron chi connectivity index (χ1n) is 9.46. The number of nitrogens with one attached hydrogen (secondary N) is 2. The zero-order valence-electron chi connectivity index (χ0n) is 17.4. The molecular weight excluding hydrogens is 416 g/mol. The summed E-state index contributed by atoms with van der Waals surface area (Å²) in [6, 6.07) is 8.57. The van der Waals surface area contributed by atoms with Gasteiger partial charge >= 0.3 is 0 Å². The van der Waals surface area contributed by atoms with E-state index in [4.69, 9.17) is 4.42 Å². The molecule has 31 heavy (non-hydrogen) atoms. The summed E-state index contributed by atoms with van der Waals surface area (Å²) < 4.78 is 6.61. The highest BCUT2D eigenvalue weighted by Gasteiger charge is 2.19. The Bertz CT molecular complexity index is 1250. The Hall–Kier alpha value is -3.79. The first-order chi connectivity index (χ1) is 14.8. The third kappa shape index (κ3) is 4.38. The number of nitrogens with zero attached hydrogens (tertiary/aromatic N) is 4. The maximum atomic E-state index is 13.0. The lowest BCUT2D eigenvalue weighted by Gasteiger charge is -2.08. The van der Waals surface area contributed by atoms with Gasteiger partial charge in [-0.25, -0.2) is 9.97 Å². The fourth-order valence-electron chi connectivity index (χ4n) is 3.07. The normalized spacial score (nSPS) is 10.8. The van der Waals surface area contributed by atoms with Crippen molar-refractivity contribution in [3.63, 3.8) is 0 Å². The van der Waals surface area contributed by atoms with E-state index in [9.17, 15) is 9.59 Å². The van der Waals surface area contributed by atoms with Crippen LogP contribution in [0.4, 0.5) is 10.8 Å². The van der Waals surface area contributed by atoms with Crippen LogP contribution in [0.3, 0.4) is 0 Å². The summed E-state index contributed by atoms with van der Waals surface area (Å²) in [6.07, 6.45) is 1.43. The molecule has 2 amide bonds. The predicted molar refractivity (Wildman–Crippen MR) is 117 cm³/mol. The van der Waals surface area contributed by atoms with Crippen molar-refractivity contribution in [1.29, 1.82) is 0 Å².